The Morgan fingerprint density at radius 1 is 1.24 bits per heavy atom. The molecule has 0 aromatic rings. The topological polar surface area (TPSA) is 15.3 Å². The normalized spacial score (nSPS) is 21.7. The Bertz CT molecular complexity index is 199. The zero-order valence-electron chi connectivity index (χ0n) is 12.6. The summed E-state index contributed by atoms with van der Waals surface area (Å²) >= 11 is 0. The minimum absolute atomic E-state index is 0.372. The fraction of sp³-hybridized carbons (Fsp3) is 1.00. The molecule has 0 aromatic carbocycles. The van der Waals surface area contributed by atoms with E-state index in [0.717, 1.165) is 5.92 Å². The third-order valence-corrected chi connectivity index (χ3v) is 4.41. The second kappa shape index (κ2) is 6.75. The minimum Gasteiger partial charge on any atom is -0.316 e. The van der Waals surface area contributed by atoms with Crippen molar-refractivity contribution in [1.82, 2.24) is 10.2 Å². The summed E-state index contributed by atoms with van der Waals surface area (Å²) < 4.78 is 0. The molecule has 1 rings (SSSR count). The Kier molecular flexibility index (Phi) is 5.94. The Balaban J connectivity index is 2.27. The summed E-state index contributed by atoms with van der Waals surface area (Å²) in [7, 11) is 2.10. The standard InChI is InChI=1S/C15H32N2/c1-6-13-7-10-17(11-8-13)12-9-14(16-5)15(2,3)4/h13-14,16H,6-12H2,1-5H3. The average Bonchev–Trinajstić information content (AvgIpc) is 2.29. The van der Waals surface area contributed by atoms with E-state index in [2.05, 4.69) is 45.0 Å². The van der Waals surface area contributed by atoms with Crippen LogP contribution in [-0.4, -0.2) is 37.6 Å². The molecular formula is C15H32N2. The first-order valence-electron chi connectivity index (χ1n) is 7.37. The molecule has 0 radical (unpaired) electrons. The van der Waals surface area contributed by atoms with Crippen LogP contribution in [0.25, 0.3) is 0 Å². The molecule has 102 valence electrons. The second-order valence-corrected chi connectivity index (χ2v) is 6.69. The molecule has 1 fully saturated rings. The molecule has 0 aliphatic carbocycles. The highest BCUT2D eigenvalue weighted by atomic mass is 15.1. The molecule has 1 heterocycles. The SMILES string of the molecule is CCC1CCN(CCC(NC)C(C)(C)C)CC1. The number of nitrogens with one attached hydrogen (secondary N) is 1. The molecule has 2 heteroatoms. The molecule has 1 unspecified atom stereocenters. The van der Waals surface area contributed by atoms with Crippen molar-refractivity contribution in [2.75, 3.05) is 26.7 Å². The van der Waals surface area contributed by atoms with Crippen molar-refractivity contribution in [3.05, 3.63) is 0 Å². The maximum atomic E-state index is 3.47. The molecule has 1 N–H and O–H groups in total. The zero-order valence-corrected chi connectivity index (χ0v) is 12.6. The van der Waals surface area contributed by atoms with Gasteiger partial charge in [0.25, 0.3) is 0 Å². The first-order chi connectivity index (χ1) is 7.97. The highest BCUT2D eigenvalue weighted by molar-refractivity contribution is 4.81. The highest BCUT2D eigenvalue weighted by Gasteiger charge is 2.24. The van der Waals surface area contributed by atoms with Crippen molar-refractivity contribution < 1.29 is 0 Å². The van der Waals surface area contributed by atoms with Crippen molar-refractivity contribution in [2.24, 2.45) is 11.3 Å². The van der Waals surface area contributed by atoms with Gasteiger partial charge in [-0.1, -0.05) is 34.1 Å². The third-order valence-electron chi connectivity index (χ3n) is 4.41. The van der Waals surface area contributed by atoms with Crippen LogP contribution in [0.5, 0.6) is 0 Å². The summed E-state index contributed by atoms with van der Waals surface area (Å²) in [6.45, 7) is 13.2. The van der Waals surface area contributed by atoms with Crippen LogP contribution in [0.4, 0.5) is 0 Å². The van der Waals surface area contributed by atoms with Gasteiger partial charge < -0.3 is 10.2 Å². The van der Waals surface area contributed by atoms with Crippen molar-refractivity contribution in [3.8, 4) is 0 Å². The van der Waals surface area contributed by atoms with E-state index >= 15 is 0 Å². The van der Waals surface area contributed by atoms with E-state index < -0.39 is 0 Å². The number of rotatable bonds is 5. The smallest absolute Gasteiger partial charge is 0.0125 e. The monoisotopic (exact) mass is 240 g/mol. The van der Waals surface area contributed by atoms with Gasteiger partial charge in [0.15, 0.2) is 0 Å². The van der Waals surface area contributed by atoms with E-state index in [1.807, 2.05) is 0 Å². The number of nitrogens with zero attached hydrogens (tertiary/aromatic N) is 1. The molecule has 1 aliphatic heterocycles. The summed E-state index contributed by atoms with van der Waals surface area (Å²) in [6, 6.07) is 0.631. The van der Waals surface area contributed by atoms with Gasteiger partial charge in [-0.3, -0.25) is 0 Å². The number of hydrogen-bond acceptors (Lipinski definition) is 2. The Labute approximate surface area is 108 Å². The van der Waals surface area contributed by atoms with Gasteiger partial charge in [0, 0.05) is 6.04 Å². The van der Waals surface area contributed by atoms with Crippen molar-refractivity contribution >= 4 is 0 Å². The zero-order chi connectivity index (χ0) is 12.9. The van der Waals surface area contributed by atoms with E-state index in [9.17, 15) is 0 Å². The van der Waals surface area contributed by atoms with Crippen LogP contribution in [0.3, 0.4) is 0 Å². The summed E-state index contributed by atoms with van der Waals surface area (Å²) in [5, 5.41) is 3.47. The number of piperidine rings is 1. The summed E-state index contributed by atoms with van der Waals surface area (Å²) in [5.41, 5.74) is 0.372. The lowest BCUT2D eigenvalue weighted by molar-refractivity contribution is 0.159. The van der Waals surface area contributed by atoms with Crippen LogP contribution in [-0.2, 0) is 0 Å². The van der Waals surface area contributed by atoms with E-state index in [0.29, 0.717) is 11.5 Å². The molecule has 0 spiro atoms. The third kappa shape index (κ3) is 4.97. The lowest BCUT2D eigenvalue weighted by Crippen LogP contribution is -2.42. The quantitative estimate of drug-likeness (QED) is 0.794. The van der Waals surface area contributed by atoms with Gasteiger partial charge in [0.1, 0.15) is 0 Å². The van der Waals surface area contributed by atoms with E-state index in [1.54, 1.807) is 0 Å². The Morgan fingerprint density at radius 2 is 1.82 bits per heavy atom. The molecule has 0 bridgehead atoms. The maximum absolute atomic E-state index is 3.47. The van der Waals surface area contributed by atoms with E-state index in [4.69, 9.17) is 0 Å². The van der Waals surface area contributed by atoms with Crippen molar-refractivity contribution in [1.29, 1.82) is 0 Å². The fourth-order valence-corrected chi connectivity index (χ4v) is 2.94. The Morgan fingerprint density at radius 3 is 2.24 bits per heavy atom. The molecular weight excluding hydrogens is 208 g/mol. The van der Waals surface area contributed by atoms with Gasteiger partial charge in [-0.2, -0.15) is 0 Å². The molecule has 0 amide bonds. The predicted octanol–water partition coefficient (Wildman–Crippen LogP) is 3.13. The van der Waals surface area contributed by atoms with Crippen LogP contribution in [0.1, 0.15) is 53.4 Å². The average molecular weight is 240 g/mol. The number of hydrogen-bond donors (Lipinski definition) is 1. The predicted molar refractivity (Wildman–Crippen MR) is 76.4 cm³/mol. The summed E-state index contributed by atoms with van der Waals surface area (Å²) in [6.07, 6.45) is 5.47. The van der Waals surface area contributed by atoms with Crippen LogP contribution in [0.15, 0.2) is 0 Å². The number of likely N-dealkylation sites (tertiary alicyclic amines) is 1. The van der Waals surface area contributed by atoms with Crippen LogP contribution in [0, 0.1) is 11.3 Å². The van der Waals surface area contributed by atoms with Gasteiger partial charge in [-0.25, -0.2) is 0 Å². The fourth-order valence-electron chi connectivity index (χ4n) is 2.94. The largest absolute Gasteiger partial charge is 0.316 e. The summed E-state index contributed by atoms with van der Waals surface area (Å²) in [4.78, 5) is 2.66. The van der Waals surface area contributed by atoms with Crippen molar-refractivity contribution in [2.45, 2.75) is 59.4 Å². The molecule has 1 saturated heterocycles. The van der Waals surface area contributed by atoms with E-state index in [-0.39, 0.29) is 0 Å². The summed E-state index contributed by atoms with van der Waals surface area (Å²) in [5.74, 6) is 0.994. The van der Waals surface area contributed by atoms with Gasteiger partial charge in [-0.15, -0.1) is 0 Å². The maximum Gasteiger partial charge on any atom is 0.0125 e. The van der Waals surface area contributed by atoms with Crippen LogP contribution >= 0.6 is 0 Å². The van der Waals surface area contributed by atoms with E-state index in [1.165, 1.54) is 45.3 Å². The first-order valence-corrected chi connectivity index (χ1v) is 7.37. The van der Waals surface area contributed by atoms with Crippen LogP contribution < -0.4 is 5.32 Å². The highest BCUT2D eigenvalue weighted by Crippen LogP contribution is 2.24. The molecule has 2 nitrogen and oxygen atoms in total. The van der Waals surface area contributed by atoms with Gasteiger partial charge >= 0.3 is 0 Å². The molecule has 17 heavy (non-hydrogen) atoms. The molecule has 1 aliphatic rings. The Hall–Kier alpha value is -0.0800. The van der Waals surface area contributed by atoms with Gasteiger partial charge in [0.2, 0.25) is 0 Å². The van der Waals surface area contributed by atoms with Crippen LogP contribution in [0.2, 0.25) is 0 Å². The molecule has 0 saturated carbocycles. The van der Waals surface area contributed by atoms with Gasteiger partial charge in [-0.05, 0) is 57.3 Å². The molecule has 1 atom stereocenters. The lowest BCUT2D eigenvalue weighted by atomic mass is 9.84. The van der Waals surface area contributed by atoms with Crippen molar-refractivity contribution in [3.63, 3.8) is 0 Å². The van der Waals surface area contributed by atoms with Gasteiger partial charge in [0.05, 0.1) is 0 Å². The molecule has 0 aromatic heterocycles. The lowest BCUT2D eigenvalue weighted by Gasteiger charge is -2.35. The second-order valence-electron chi connectivity index (χ2n) is 6.69. The first kappa shape index (κ1) is 15.0. The minimum atomic E-state index is 0.372.